The zero-order chi connectivity index (χ0) is 13.8. The Morgan fingerprint density at radius 1 is 1.50 bits per heavy atom. The summed E-state index contributed by atoms with van der Waals surface area (Å²) >= 11 is 0. The van der Waals surface area contributed by atoms with Crippen LogP contribution in [0.25, 0.3) is 0 Å². The first-order valence-corrected chi connectivity index (χ1v) is 6.34. The van der Waals surface area contributed by atoms with Crippen LogP contribution in [-0.4, -0.2) is 21.1 Å². The Morgan fingerprint density at radius 3 is 2.72 bits per heavy atom. The maximum atomic E-state index is 13.1. The fourth-order valence-electron chi connectivity index (χ4n) is 1.04. The molecule has 0 saturated carbocycles. The van der Waals surface area contributed by atoms with Crippen molar-refractivity contribution >= 4 is 27.7 Å². The number of ether oxygens (including phenoxy) is 1. The Labute approximate surface area is 103 Å². The molecule has 100 valence electrons. The average Bonchev–Trinajstić information content (AvgIpc) is 2.22. The van der Waals surface area contributed by atoms with Crippen LogP contribution in [0.2, 0.25) is 0 Å². The van der Waals surface area contributed by atoms with E-state index >= 15 is 0 Å². The fourth-order valence-corrected chi connectivity index (χ4v) is 1.81. The molecule has 0 fully saturated rings. The smallest absolute Gasteiger partial charge is 0.422 e. The second kappa shape index (κ2) is 5.54. The lowest BCUT2D eigenvalue weighted by Crippen LogP contribution is -2.35. The number of nitrogens with two attached hydrogens (primary N) is 1. The van der Waals surface area contributed by atoms with E-state index in [-0.39, 0.29) is 18.0 Å². The van der Waals surface area contributed by atoms with Crippen LogP contribution in [0.4, 0.5) is 20.6 Å². The average molecular weight is 277 g/mol. The van der Waals surface area contributed by atoms with E-state index in [0.717, 1.165) is 6.07 Å². The van der Waals surface area contributed by atoms with Crippen molar-refractivity contribution in [2.75, 3.05) is 17.1 Å². The first kappa shape index (κ1) is 14.0. The summed E-state index contributed by atoms with van der Waals surface area (Å²) < 4.78 is 43.8. The molecule has 1 aromatic carbocycles. The largest absolute Gasteiger partial charge is 0.449 e. The van der Waals surface area contributed by atoms with Crippen molar-refractivity contribution in [1.29, 1.82) is 0 Å². The number of hydrogen-bond acceptors (Lipinski definition) is 5. The second-order valence-corrected chi connectivity index (χ2v) is 4.58. The number of anilines is 2. The Bertz CT molecular complexity index is 547. The molecule has 0 radical (unpaired) electrons. The van der Waals surface area contributed by atoms with E-state index in [0.29, 0.717) is 0 Å². The highest BCUT2D eigenvalue weighted by Gasteiger charge is 2.15. The SMILES string of the molecule is CCOC(=O)NS(=O)(=O)Nc1ccc(N)c(F)c1. The fraction of sp³-hybridized carbons (Fsp3) is 0.222. The maximum absolute atomic E-state index is 13.1. The van der Waals surface area contributed by atoms with Crippen LogP contribution in [0.1, 0.15) is 6.92 Å². The van der Waals surface area contributed by atoms with E-state index in [1.165, 1.54) is 19.1 Å². The van der Waals surface area contributed by atoms with Gasteiger partial charge in [-0.2, -0.15) is 8.42 Å². The van der Waals surface area contributed by atoms with Crippen molar-refractivity contribution in [3.63, 3.8) is 0 Å². The van der Waals surface area contributed by atoms with Gasteiger partial charge in [0.25, 0.3) is 0 Å². The Hall–Kier alpha value is -2.03. The molecule has 7 nitrogen and oxygen atoms in total. The number of amides is 1. The molecule has 0 atom stereocenters. The van der Waals surface area contributed by atoms with Crippen molar-refractivity contribution in [3.05, 3.63) is 24.0 Å². The number of rotatable bonds is 4. The number of hydrogen-bond donors (Lipinski definition) is 3. The van der Waals surface area contributed by atoms with Crippen molar-refractivity contribution in [3.8, 4) is 0 Å². The van der Waals surface area contributed by atoms with Gasteiger partial charge < -0.3 is 10.5 Å². The van der Waals surface area contributed by atoms with Gasteiger partial charge in [-0.15, -0.1) is 0 Å². The minimum absolute atomic E-state index is 0.0256. The van der Waals surface area contributed by atoms with E-state index < -0.39 is 22.1 Å². The summed E-state index contributed by atoms with van der Waals surface area (Å²) in [5, 5.41) is 0. The summed E-state index contributed by atoms with van der Waals surface area (Å²) in [5.41, 5.74) is 5.05. The van der Waals surface area contributed by atoms with Gasteiger partial charge in [0.05, 0.1) is 18.0 Å². The summed E-state index contributed by atoms with van der Waals surface area (Å²) in [6, 6.07) is 3.33. The number of nitrogen functional groups attached to an aromatic ring is 1. The van der Waals surface area contributed by atoms with Crippen LogP contribution in [-0.2, 0) is 14.9 Å². The molecule has 0 aliphatic rings. The zero-order valence-electron chi connectivity index (χ0n) is 9.44. The van der Waals surface area contributed by atoms with E-state index in [1.54, 1.807) is 4.72 Å². The number of benzene rings is 1. The summed E-state index contributed by atoms with van der Waals surface area (Å²) in [5.74, 6) is -0.772. The Kier molecular flexibility index (Phi) is 4.32. The van der Waals surface area contributed by atoms with E-state index in [1.807, 2.05) is 4.72 Å². The molecule has 0 unspecified atom stereocenters. The summed E-state index contributed by atoms with van der Waals surface area (Å²) in [6.45, 7) is 1.55. The predicted molar refractivity (Wildman–Crippen MR) is 63.5 cm³/mol. The number of nitrogens with one attached hydrogen (secondary N) is 2. The highest BCUT2D eigenvalue weighted by atomic mass is 32.2. The normalized spacial score (nSPS) is 10.8. The summed E-state index contributed by atoms with van der Waals surface area (Å²) in [7, 11) is -4.17. The first-order valence-electron chi connectivity index (χ1n) is 4.86. The summed E-state index contributed by atoms with van der Waals surface area (Å²) in [4.78, 5) is 10.9. The monoisotopic (exact) mass is 277 g/mol. The van der Waals surface area contributed by atoms with Crippen LogP contribution in [0.5, 0.6) is 0 Å². The third-order valence-corrected chi connectivity index (χ3v) is 2.69. The van der Waals surface area contributed by atoms with Gasteiger partial charge in [0, 0.05) is 6.07 Å². The van der Waals surface area contributed by atoms with Gasteiger partial charge in [0.2, 0.25) is 0 Å². The lowest BCUT2D eigenvalue weighted by Gasteiger charge is -2.09. The van der Waals surface area contributed by atoms with Crippen LogP contribution in [0.15, 0.2) is 18.2 Å². The van der Waals surface area contributed by atoms with Gasteiger partial charge >= 0.3 is 16.3 Å². The number of carbonyl (C=O) groups is 1. The molecule has 0 bridgehead atoms. The molecule has 0 spiro atoms. The van der Waals surface area contributed by atoms with Crippen molar-refractivity contribution in [2.45, 2.75) is 6.92 Å². The van der Waals surface area contributed by atoms with Gasteiger partial charge in [-0.25, -0.2) is 13.9 Å². The Balaban J connectivity index is 2.76. The van der Waals surface area contributed by atoms with E-state index in [2.05, 4.69) is 4.74 Å². The minimum Gasteiger partial charge on any atom is -0.449 e. The number of carbonyl (C=O) groups excluding carboxylic acids is 1. The molecule has 0 aliphatic carbocycles. The van der Waals surface area contributed by atoms with Gasteiger partial charge in [0.1, 0.15) is 5.82 Å². The molecule has 1 aromatic rings. The van der Waals surface area contributed by atoms with Crippen LogP contribution in [0.3, 0.4) is 0 Å². The van der Waals surface area contributed by atoms with Crippen molar-refractivity contribution in [1.82, 2.24) is 4.72 Å². The van der Waals surface area contributed by atoms with Crippen LogP contribution in [0, 0.1) is 5.82 Å². The van der Waals surface area contributed by atoms with Gasteiger partial charge in [-0.1, -0.05) is 0 Å². The van der Waals surface area contributed by atoms with E-state index in [9.17, 15) is 17.6 Å². The minimum atomic E-state index is -4.17. The van der Waals surface area contributed by atoms with Crippen molar-refractivity contribution in [2.24, 2.45) is 0 Å². The zero-order valence-corrected chi connectivity index (χ0v) is 10.3. The topological polar surface area (TPSA) is 111 Å². The molecule has 4 N–H and O–H groups in total. The highest BCUT2D eigenvalue weighted by molar-refractivity contribution is 7.91. The molecule has 18 heavy (non-hydrogen) atoms. The molecule has 0 heterocycles. The third-order valence-electron chi connectivity index (χ3n) is 1.75. The highest BCUT2D eigenvalue weighted by Crippen LogP contribution is 2.16. The molecule has 9 heteroatoms. The lowest BCUT2D eigenvalue weighted by molar-refractivity contribution is 0.159. The molecular formula is C9H12FN3O4S. The number of halogens is 1. The quantitative estimate of drug-likeness (QED) is 0.705. The molecule has 0 aliphatic heterocycles. The van der Waals surface area contributed by atoms with Gasteiger partial charge in [-0.05, 0) is 19.1 Å². The van der Waals surface area contributed by atoms with Crippen molar-refractivity contribution < 1.29 is 22.3 Å². The predicted octanol–water partition coefficient (Wildman–Crippen LogP) is 0.811. The van der Waals surface area contributed by atoms with Crippen LogP contribution >= 0.6 is 0 Å². The van der Waals surface area contributed by atoms with Crippen LogP contribution < -0.4 is 15.2 Å². The standard InChI is InChI=1S/C9H12FN3O4S/c1-2-17-9(14)13-18(15,16)12-6-3-4-8(11)7(10)5-6/h3-5,12H,2,11H2,1H3,(H,13,14). The second-order valence-electron chi connectivity index (χ2n) is 3.16. The molecule has 0 aromatic heterocycles. The molecule has 1 rings (SSSR count). The third kappa shape index (κ3) is 4.09. The first-order chi connectivity index (χ1) is 8.34. The Morgan fingerprint density at radius 2 is 2.17 bits per heavy atom. The molecule has 1 amide bonds. The maximum Gasteiger partial charge on any atom is 0.422 e. The van der Waals surface area contributed by atoms with E-state index in [4.69, 9.17) is 5.73 Å². The molecular weight excluding hydrogens is 265 g/mol. The van der Waals surface area contributed by atoms with Gasteiger partial charge in [-0.3, -0.25) is 4.72 Å². The lowest BCUT2D eigenvalue weighted by atomic mass is 10.3. The van der Waals surface area contributed by atoms with Gasteiger partial charge in [0.15, 0.2) is 0 Å². The molecule has 0 saturated heterocycles. The summed E-state index contributed by atoms with van der Waals surface area (Å²) in [6.07, 6.45) is -1.12.